The number of esters is 1. The van der Waals surface area contributed by atoms with Gasteiger partial charge in [0.15, 0.2) is 0 Å². The molecule has 0 amide bonds. The molecule has 2 rings (SSSR count). The number of carbonyl (C=O) groups excluding carboxylic acids is 1. The second-order valence-electron chi connectivity index (χ2n) is 4.98. The Hall–Kier alpha value is -1.62. The molecule has 110 valence electrons. The molecule has 1 aromatic heterocycles. The lowest BCUT2D eigenvalue weighted by Gasteiger charge is -2.38. The monoisotopic (exact) mass is 278 g/mol. The largest absolute Gasteiger partial charge is 0.462 e. The van der Waals surface area contributed by atoms with Crippen LogP contribution in [0.4, 0.5) is 5.82 Å². The van der Waals surface area contributed by atoms with E-state index in [0.717, 1.165) is 18.8 Å². The van der Waals surface area contributed by atoms with Crippen LogP contribution in [0, 0.1) is 0 Å². The number of carbonyl (C=O) groups is 1. The van der Waals surface area contributed by atoms with E-state index in [1.807, 2.05) is 6.07 Å². The van der Waals surface area contributed by atoms with Crippen molar-refractivity contribution in [1.29, 1.82) is 0 Å². The summed E-state index contributed by atoms with van der Waals surface area (Å²) >= 11 is 0. The van der Waals surface area contributed by atoms with Gasteiger partial charge < -0.3 is 14.7 Å². The highest BCUT2D eigenvalue weighted by Gasteiger charge is 2.25. The predicted octanol–water partition coefficient (Wildman–Crippen LogP) is 2.00. The van der Waals surface area contributed by atoms with Gasteiger partial charge in [0, 0.05) is 25.4 Å². The summed E-state index contributed by atoms with van der Waals surface area (Å²) in [5, 5.41) is 9.00. The molecule has 1 aromatic rings. The molecule has 0 atom stereocenters. The highest BCUT2D eigenvalue weighted by molar-refractivity contribution is 5.89. The Morgan fingerprint density at radius 2 is 2.30 bits per heavy atom. The number of hydrogen-bond acceptors (Lipinski definition) is 5. The molecule has 0 unspecified atom stereocenters. The smallest absolute Gasteiger partial charge is 0.339 e. The second kappa shape index (κ2) is 7.24. The fourth-order valence-corrected chi connectivity index (χ4v) is 2.31. The van der Waals surface area contributed by atoms with Crippen LogP contribution in [0.1, 0.15) is 43.0 Å². The summed E-state index contributed by atoms with van der Waals surface area (Å²) in [5.74, 6) is 0.535. The first kappa shape index (κ1) is 14.8. The van der Waals surface area contributed by atoms with Crippen LogP contribution in [0.15, 0.2) is 18.3 Å². The molecule has 1 fully saturated rings. The van der Waals surface area contributed by atoms with E-state index in [2.05, 4.69) is 9.88 Å². The highest BCUT2D eigenvalue weighted by Crippen LogP contribution is 2.28. The third kappa shape index (κ3) is 3.48. The summed E-state index contributed by atoms with van der Waals surface area (Å²) in [6, 6.07) is 4.13. The lowest BCUT2D eigenvalue weighted by atomic mass is 9.91. The maximum absolute atomic E-state index is 11.6. The molecule has 1 saturated carbocycles. The Kier molecular flexibility index (Phi) is 5.35. The van der Waals surface area contributed by atoms with Crippen molar-refractivity contribution in [3.05, 3.63) is 23.9 Å². The molecule has 0 bridgehead atoms. The summed E-state index contributed by atoms with van der Waals surface area (Å²) < 4.78 is 4.95. The lowest BCUT2D eigenvalue weighted by molar-refractivity contribution is 0.0526. The van der Waals surface area contributed by atoms with Crippen LogP contribution in [-0.2, 0) is 4.74 Å². The van der Waals surface area contributed by atoms with Crippen molar-refractivity contribution in [2.45, 2.75) is 38.6 Å². The molecular weight excluding hydrogens is 256 g/mol. The van der Waals surface area contributed by atoms with Crippen LogP contribution in [0.25, 0.3) is 0 Å². The number of aliphatic hydroxyl groups excluding tert-OH is 1. The van der Waals surface area contributed by atoms with Gasteiger partial charge in [-0.3, -0.25) is 0 Å². The van der Waals surface area contributed by atoms with Gasteiger partial charge in [0.2, 0.25) is 0 Å². The van der Waals surface area contributed by atoms with E-state index >= 15 is 0 Å². The minimum atomic E-state index is -0.336. The molecule has 5 heteroatoms. The van der Waals surface area contributed by atoms with Crippen molar-refractivity contribution in [2.24, 2.45) is 0 Å². The van der Waals surface area contributed by atoms with Gasteiger partial charge >= 0.3 is 5.97 Å². The van der Waals surface area contributed by atoms with Crippen LogP contribution in [0.3, 0.4) is 0 Å². The Bertz CT molecular complexity index is 429. The first-order chi connectivity index (χ1) is 9.76. The zero-order valence-corrected chi connectivity index (χ0v) is 11.9. The van der Waals surface area contributed by atoms with Gasteiger partial charge in [0.25, 0.3) is 0 Å². The fourth-order valence-electron chi connectivity index (χ4n) is 2.31. The molecule has 0 aromatic carbocycles. The number of aromatic nitrogens is 1. The SMILES string of the molecule is CCOC(=O)c1ccc(N(CCCO)C2CCC2)nc1. The number of pyridine rings is 1. The number of ether oxygens (including phenoxy) is 1. The molecule has 20 heavy (non-hydrogen) atoms. The van der Waals surface area contributed by atoms with Crippen molar-refractivity contribution in [2.75, 3.05) is 24.7 Å². The zero-order valence-electron chi connectivity index (χ0n) is 11.9. The molecule has 0 spiro atoms. The molecule has 0 radical (unpaired) electrons. The normalized spacial score (nSPS) is 14.7. The maximum Gasteiger partial charge on any atom is 0.339 e. The van der Waals surface area contributed by atoms with E-state index in [-0.39, 0.29) is 12.6 Å². The summed E-state index contributed by atoms with van der Waals surface area (Å²) in [6.45, 7) is 3.13. The average Bonchev–Trinajstić information content (AvgIpc) is 2.42. The van der Waals surface area contributed by atoms with E-state index in [1.54, 1.807) is 19.2 Å². The van der Waals surface area contributed by atoms with E-state index in [9.17, 15) is 4.79 Å². The van der Waals surface area contributed by atoms with Gasteiger partial charge in [-0.05, 0) is 44.7 Å². The Labute approximate surface area is 119 Å². The Morgan fingerprint density at radius 3 is 2.80 bits per heavy atom. The molecule has 1 N–H and O–H groups in total. The van der Waals surface area contributed by atoms with Crippen molar-refractivity contribution in [3.8, 4) is 0 Å². The topological polar surface area (TPSA) is 62.7 Å². The molecule has 1 heterocycles. The third-order valence-electron chi connectivity index (χ3n) is 3.63. The minimum Gasteiger partial charge on any atom is -0.462 e. The standard InChI is InChI=1S/C15H22N2O3/c1-2-20-15(19)12-7-8-14(16-11-12)17(9-4-10-18)13-5-3-6-13/h7-8,11,13,18H,2-6,9-10H2,1H3. The van der Waals surface area contributed by atoms with Gasteiger partial charge in [0.1, 0.15) is 5.82 Å². The number of nitrogens with zero attached hydrogens (tertiary/aromatic N) is 2. The third-order valence-corrected chi connectivity index (χ3v) is 3.63. The summed E-state index contributed by atoms with van der Waals surface area (Å²) in [7, 11) is 0. The van der Waals surface area contributed by atoms with Crippen LogP contribution in [-0.4, -0.2) is 41.9 Å². The summed E-state index contributed by atoms with van der Waals surface area (Å²) in [4.78, 5) is 18.2. The quantitative estimate of drug-likeness (QED) is 0.773. The molecule has 0 saturated heterocycles. The van der Waals surface area contributed by atoms with Crippen LogP contribution >= 0.6 is 0 Å². The second-order valence-corrected chi connectivity index (χ2v) is 4.98. The summed E-state index contributed by atoms with van der Waals surface area (Å²) in [5.41, 5.74) is 0.478. The van der Waals surface area contributed by atoms with Crippen LogP contribution < -0.4 is 4.90 Å². The van der Waals surface area contributed by atoms with Crippen molar-refractivity contribution in [3.63, 3.8) is 0 Å². The van der Waals surface area contributed by atoms with Gasteiger partial charge in [-0.1, -0.05) is 0 Å². The first-order valence-electron chi connectivity index (χ1n) is 7.27. The van der Waals surface area contributed by atoms with E-state index < -0.39 is 0 Å². The average molecular weight is 278 g/mol. The van der Waals surface area contributed by atoms with Crippen LogP contribution in [0.5, 0.6) is 0 Å². The molecule has 1 aliphatic carbocycles. The lowest BCUT2D eigenvalue weighted by Crippen LogP contribution is -2.41. The van der Waals surface area contributed by atoms with Gasteiger partial charge in [-0.2, -0.15) is 0 Å². The molecule has 0 aliphatic heterocycles. The number of anilines is 1. The molecular formula is C15H22N2O3. The number of hydrogen-bond donors (Lipinski definition) is 1. The first-order valence-corrected chi connectivity index (χ1v) is 7.27. The van der Waals surface area contributed by atoms with E-state index in [4.69, 9.17) is 9.84 Å². The predicted molar refractivity (Wildman–Crippen MR) is 76.9 cm³/mol. The van der Waals surface area contributed by atoms with Gasteiger partial charge in [-0.15, -0.1) is 0 Å². The molecule has 5 nitrogen and oxygen atoms in total. The van der Waals surface area contributed by atoms with Crippen molar-refractivity contribution in [1.82, 2.24) is 4.98 Å². The Balaban J connectivity index is 2.06. The highest BCUT2D eigenvalue weighted by atomic mass is 16.5. The maximum atomic E-state index is 11.6. The number of rotatable bonds is 7. The minimum absolute atomic E-state index is 0.185. The molecule has 1 aliphatic rings. The fraction of sp³-hybridized carbons (Fsp3) is 0.600. The van der Waals surface area contributed by atoms with Crippen LogP contribution in [0.2, 0.25) is 0 Å². The van der Waals surface area contributed by atoms with Gasteiger partial charge in [-0.25, -0.2) is 9.78 Å². The van der Waals surface area contributed by atoms with Crippen molar-refractivity contribution < 1.29 is 14.6 Å². The number of aliphatic hydroxyl groups is 1. The van der Waals surface area contributed by atoms with Gasteiger partial charge in [0.05, 0.1) is 12.2 Å². The van der Waals surface area contributed by atoms with E-state index in [1.165, 1.54) is 19.3 Å². The zero-order chi connectivity index (χ0) is 14.4. The van der Waals surface area contributed by atoms with Crippen molar-refractivity contribution >= 4 is 11.8 Å². The summed E-state index contributed by atoms with van der Waals surface area (Å²) in [6.07, 6.45) is 5.90. The van der Waals surface area contributed by atoms with E-state index in [0.29, 0.717) is 18.2 Å². The Morgan fingerprint density at radius 1 is 1.50 bits per heavy atom.